The normalized spacial score (nSPS) is 10.2. The molecule has 0 aliphatic carbocycles. The van der Waals surface area contributed by atoms with Crippen molar-refractivity contribution in [3.63, 3.8) is 0 Å². The maximum atomic E-state index is 13.4. The van der Waals surface area contributed by atoms with Crippen molar-refractivity contribution in [1.29, 1.82) is 5.26 Å². The first-order valence-electron chi connectivity index (χ1n) is 6.51. The average Bonchev–Trinajstić information content (AvgIpc) is 3.04. The van der Waals surface area contributed by atoms with E-state index in [1.807, 2.05) is 0 Å². The predicted octanol–water partition coefficient (Wildman–Crippen LogP) is 2.44. The molecule has 0 unspecified atom stereocenters. The van der Waals surface area contributed by atoms with Gasteiger partial charge in [0.15, 0.2) is 0 Å². The molecule has 7 heteroatoms. The molecule has 0 saturated heterocycles. The van der Waals surface area contributed by atoms with E-state index >= 15 is 0 Å². The fourth-order valence-corrected chi connectivity index (χ4v) is 2.50. The standard InChI is InChI=1S/C15H14FN3O2S/c1-21-5-4-19(9-13-8-18-10-22-13)15(20)11-2-3-14(16)12(6-11)7-17/h2-3,6,8,10H,4-5,9H2,1H3. The largest absolute Gasteiger partial charge is 0.383 e. The molecule has 0 aliphatic heterocycles. The molecular weight excluding hydrogens is 305 g/mol. The van der Waals surface area contributed by atoms with Crippen LogP contribution < -0.4 is 0 Å². The van der Waals surface area contributed by atoms with Crippen molar-refractivity contribution in [2.75, 3.05) is 20.3 Å². The highest BCUT2D eigenvalue weighted by Crippen LogP contribution is 2.15. The molecule has 0 aliphatic rings. The maximum Gasteiger partial charge on any atom is 0.254 e. The highest BCUT2D eigenvalue weighted by molar-refractivity contribution is 7.09. The summed E-state index contributed by atoms with van der Waals surface area (Å²) in [6.07, 6.45) is 1.70. The maximum absolute atomic E-state index is 13.4. The van der Waals surface area contributed by atoms with Gasteiger partial charge in [0.25, 0.3) is 5.91 Å². The number of hydrogen-bond donors (Lipinski definition) is 0. The minimum Gasteiger partial charge on any atom is -0.383 e. The molecule has 0 fully saturated rings. The van der Waals surface area contributed by atoms with Crippen LogP contribution in [-0.4, -0.2) is 36.1 Å². The van der Waals surface area contributed by atoms with Crippen LogP contribution in [0.4, 0.5) is 4.39 Å². The molecular formula is C15H14FN3O2S. The number of halogens is 1. The summed E-state index contributed by atoms with van der Waals surface area (Å²) in [5, 5.41) is 8.87. The van der Waals surface area contributed by atoms with Crippen LogP contribution in [0.1, 0.15) is 20.8 Å². The number of aromatic nitrogens is 1. The lowest BCUT2D eigenvalue weighted by molar-refractivity contribution is 0.0682. The van der Waals surface area contributed by atoms with E-state index in [4.69, 9.17) is 10.00 Å². The molecule has 0 N–H and O–H groups in total. The van der Waals surface area contributed by atoms with E-state index in [0.717, 1.165) is 10.9 Å². The van der Waals surface area contributed by atoms with Gasteiger partial charge < -0.3 is 9.64 Å². The molecule has 0 radical (unpaired) electrons. The molecule has 2 rings (SSSR count). The number of carbonyl (C=O) groups excluding carboxylic acids is 1. The molecule has 1 aromatic heterocycles. The van der Waals surface area contributed by atoms with Gasteiger partial charge in [0.05, 0.1) is 24.2 Å². The zero-order valence-corrected chi connectivity index (χ0v) is 12.8. The zero-order chi connectivity index (χ0) is 15.9. The lowest BCUT2D eigenvalue weighted by Gasteiger charge is -2.21. The van der Waals surface area contributed by atoms with Crippen molar-refractivity contribution in [3.8, 4) is 6.07 Å². The molecule has 0 atom stereocenters. The summed E-state index contributed by atoms with van der Waals surface area (Å²) >= 11 is 1.45. The first kappa shape index (κ1) is 16.1. The Bertz CT molecular complexity index is 683. The third-order valence-corrected chi connectivity index (χ3v) is 3.78. The van der Waals surface area contributed by atoms with Crippen LogP contribution in [0.15, 0.2) is 29.9 Å². The molecule has 2 aromatic rings. The Labute approximate surface area is 131 Å². The third-order valence-electron chi connectivity index (χ3n) is 3.02. The van der Waals surface area contributed by atoms with Gasteiger partial charge in [-0.05, 0) is 18.2 Å². The van der Waals surface area contributed by atoms with Crippen LogP contribution in [0.3, 0.4) is 0 Å². The van der Waals surface area contributed by atoms with Gasteiger partial charge in [0.1, 0.15) is 11.9 Å². The molecule has 22 heavy (non-hydrogen) atoms. The number of benzene rings is 1. The van der Waals surface area contributed by atoms with Gasteiger partial charge in [0.2, 0.25) is 0 Å². The highest BCUT2D eigenvalue weighted by atomic mass is 32.1. The Morgan fingerprint density at radius 2 is 2.36 bits per heavy atom. The predicted molar refractivity (Wildman–Crippen MR) is 79.8 cm³/mol. The molecule has 1 aromatic carbocycles. The van der Waals surface area contributed by atoms with E-state index in [1.165, 1.54) is 23.5 Å². The summed E-state index contributed by atoms with van der Waals surface area (Å²) in [7, 11) is 1.56. The van der Waals surface area contributed by atoms with Crippen LogP contribution in [-0.2, 0) is 11.3 Å². The van der Waals surface area contributed by atoms with E-state index < -0.39 is 5.82 Å². The van der Waals surface area contributed by atoms with Crippen LogP contribution in [0.2, 0.25) is 0 Å². The number of hydrogen-bond acceptors (Lipinski definition) is 5. The Morgan fingerprint density at radius 1 is 1.55 bits per heavy atom. The lowest BCUT2D eigenvalue weighted by atomic mass is 10.1. The second-order valence-electron chi connectivity index (χ2n) is 4.49. The second-order valence-corrected chi connectivity index (χ2v) is 5.46. The first-order valence-corrected chi connectivity index (χ1v) is 7.39. The monoisotopic (exact) mass is 319 g/mol. The minimum atomic E-state index is -0.634. The number of rotatable bonds is 6. The molecule has 0 saturated carbocycles. The summed E-state index contributed by atoms with van der Waals surface area (Å²) in [6.45, 7) is 1.18. The van der Waals surface area contributed by atoms with Crippen molar-refractivity contribution >= 4 is 17.2 Å². The number of amides is 1. The Hall–Kier alpha value is -2.30. The second kappa shape index (κ2) is 7.64. The molecule has 5 nitrogen and oxygen atoms in total. The van der Waals surface area contributed by atoms with E-state index in [9.17, 15) is 9.18 Å². The quantitative estimate of drug-likeness (QED) is 0.820. The van der Waals surface area contributed by atoms with Crippen molar-refractivity contribution in [2.45, 2.75) is 6.54 Å². The summed E-state index contributed by atoms with van der Waals surface area (Å²) in [5.74, 6) is -0.910. The topological polar surface area (TPSA) is 66.2 Å². The summed E-state index contributed by atoms with van der Waals surface area (Å²) in [5.41, 5.74) is 1.83. The SMILES string of the molecule is COCCN(Cc1cncs1)C(=O)c1ccc(F)c(C#N)c1. The van der Waals surface area contributed by atoms with Gasteiger partial charge in [-0.3, -0.25) is 9.78 Å². The number of carbonyl (C=O) groups is 1. The molecule has 1 amide bonds. The van der Waals surface area contributed by atoms with Gasteiger partial charge in [-0.25, -0.2) is 4.39 Å². The van der Waals surface area contributed by atoms with Gasteiger partial charge in [-0.1, -0.05) is 0 Å². The van der Waals surface area contributed by atoms with Crippen LogP contribution in [0, 0.1) is 17.1 Å². The molecule has 0 spiro atoms. The Kier molecular flexibility index (Phi) is 5.58. The summed E-state index contributed by atoms with van der Waals surface area (Å²) < 4.78 is 18.4. The van der Waals surface area contributed by atoms with Crippen LogP contribution in [0.5, 0.6) is 0 Å². The van der Waals surface area contributed by atoms with Crippen molar-refractivity contribution in [2.24, 2.45) is 0 Å². The van der Waals surface area contributed by atoms with Gasteiger partial charge in [-0.15, -0.1) is 11.3 Å². The molecule has 114 valence electrons. The van der Waals surface area contributed by atoms with Gasteiger partial charge >= 0.3 is 0 Å². The van der Waals surface area contributed by atoms with E-state index in [2.05, 4.69) is 4.98 Å². The minimum absolute atomic E-state index is 0.143. The van der Waals surface area contributed by atoms with Crippen molar-refractivity contribution < 1.29 is 13.9 Å². The number of nitrogens with zero attached hydrogens (tertiary/aromatic N) is 3. The smallest absolute Gasteiger partial charge is 0.254 e. The van der Waals surface area contributed by atoms with Crippen molar-refractivity contribution in [1.82, 2.24) is 9.88 Å². The molecule has 1 heterocycles. The summed E-state index contributed by atoms with van der Waals surface area (Å²) in [6, 6.07) is 5.52. The third kappa shape index (κ3) is 3.87. The highest BCUT2D eigenvalue weighted by Gasteiger charge is 2.18. The zero-order valence-electron chi connectivity index (χ0n) is 12.0. The number of nitriles is 1. The van der Waals surface area contributed by atoms with E-state index in [1.54, 1.807) is 29.8 Å². The summed E-state index contributed by atoms with van der Waals surface area (Å²) in [4.78, 5) is 19.1. The Balaban J connectivity index is 2.22. The van der Waals surface area contributed by atoms with E-state index in [0.29, 0.717) is 19.7 Å². The molecule has 0 bridgehead atoms. The average molecular weight is 319 g/mol. The lowest BCUT2D eigenvalue weighted by Crippen LogP contribution is -2.33. The fraction of sp³-hybridized carbons (Fsp3) is 0.267. The Morgan fingerprint density at radius 3 is 3.00 bits per heavy atom. The fourth-order valence-electron chi connectivity index (χ4n) is 1.89. The first-order chi connectivity index (χ1) is 10.7. The van der Waals surface area contributed by atoms with Crippen LogP contribution in [0.25, 0.3) is 0 Å². The van der Waals surface area contributed by atoms with Crippen molar-refractivity contribution in [3.05, 3.63) is 51.7 Å². The number of ether oxygens (including phenoxy) is 1. The number of methoxy groups -OCH3 is 1. The van der Waals surface area contributed by atoms with Gasteiger partial charge in [-0.2, -0.15) is 5.26 Å². The van der Waals surface area contributed by atoms with Crippen LogP contribution >= 0.6 is 11.3 Å². The van der Waals surface area contributed by atoms with E-state index in [-0.39, 0.29) is 17.0 Å². The number of thiazole rings is 1. The van der Waals surface area contributed by atoms with Gasteiger partial charge in [0, 0.05) is 30.3 Å².